The molecule has 0 radical (unpaired) electrons. The average Bonchev–Trinajstić information content (AvgIpc) is 3.38. The van der Waals surface area contributed by atoms with Gasteiger partial charge in [0.2, 0.25) is 5.89 Å². The van der Waals surface area contributed by atoms with Gasteiger partial charge in [0.15, 0.2) is 5.82 Å². The van der Waals surface area contributed by atoms with Gasteiger partial charge in [-0.3, -0.25) is 0 Å². The minimum absolute atomic E-state index is 0.0483. The molecule has 2 aromatic rings. The molecular formula is C19H21F3N4O2S. The molecule has 2 aliphatic heterocycles. The molecule has 2 amide bonds. The van der Waals surface area contributed by atoms with Crippen molar-refractivity contribution in [3.63, 3.8) is 0 Å². The summed E-state index contributed by atoms with van der Waals surface area (Å²) in [5.74, 6) is 2.29. The van der Waals surface area contributed by atoms with Crippen molar-refractivity contribution in [2.45, 2.75) is 31.4 Å². The Balaban J connectivity index is 1.59. The Morgan fingerprint density at radius 3 is 2.48 bits per heavy atom. The van der Waals surface area contributed by atoms with Crippen LogP contribution >= 0.6 is 11.8 Å². The lowest BCUT2D eigenvalue weighted by Gasteiger charge is -2.38. The fourth-order valence-corrected chi connectivity index (χ4v) is 4.80. The number of alkyl halides is 3. The summed E-state index contributed by atoms with van der Waals surface area (Å²) >= 11 is 1.71. The van der Waals surface area contributed by atoms with Crippen molar-refractivity contribution >= 4 is 17.8 Å². The molecule has 0 bridgehead atoms. The van der Waals surface area contributed by atoms with Gasteiger partial charge in [0, 0.05) is 31.3 Å². The van der Waals surface area contributed by atoms with E-state index in [1.54, 1.807) is 28.5 Å². The van der Waals surface area contributed by atoms with E-state index < -0.39 is 11.7 Å². The molecule has 0 spiro atoms. The zero-order chi connectivity index (χ0) is 20.6. The summed E-state index contributed by atoms with van der Waals surface area (Å²) in [5.41, 5.74) is 0.0932. The minimum Gasteiger partial charge on any atom is -0.339 e. The smallest absolute Gasteiger partial charge is 0.339 e. The van der Waals surface area contributed by atoms with Crippen LogP contribution in [0.3, 0.4) is 0 Å². The molecule has 0 aliphatic carbocycles. The molecule has 1 aromatic carbocycles. The summed E-state index contributed by atoms with van der Waals surface area (Å²) in [4.78, 5) is 20.9. The van der Waals surface area contributed by atoms with Crippen LogP contribution in [0.2, 0.25) is 0 Å². The van der Waals surface area contributed by atoms with Crippen molar-refractivity contribution in [2.75, 3.05) is 31.3 Å². The summed E-state index contributed by atoms with van der Waals surface area (Å²) in [7, 11) is 0. The van der Waals surface area contributed by atoms with Gasteiger partial charge in [-0.25, -0.2) is 4.79 Å². The monoisotopic (exact) mass is 426 g/mol. The van der Waals surface area contributed by atoms with Crippen LogP contribution in [0, 0.1) is 6.92 Å². The maximum absolute atomic E-state index is 13.0. The fourth-order valence-electron chi connectivity index (χ4n) is 3.86. The summed E-state index contributed by atoms with van der Waals surface area (Å²) < 4.78 is 44.0. The molecule has 4 rings (SSSR count). The normalized spacial score (nSPS) is 22.9. The number of rotatable bonds is 2. The van der Waals surface area contributed by atoms with Crippen LogP contribution in [0.15, 0.2) is 28.8 Å². The molecule has 0 N–H and O–H groups in total. The van der Waals surface area contributed by atoms with Crippen molar-refractivity contribution in [1.82, 2.24) is 19.9 Å². The first-order chi connectivity index (χ1) is 13.8. The molecule has 2 atom stereocenters. The molecule has 6 nitrogen and oxygen atoms in total. The zero-order valence-electron chi connectivity index (χ0n) is 15.9. The molecule has 2 aliphatic rings. The van der Waals surface area contributed by atoms with E-state index in [1.165, 1.54) is 12.1 Å². The first-order valence-electron chi connectivity index (χ1n) is 9.40. The Bertz CT molecular complexity index is 865. The number of carbonyl (C=O) groups is 1. The van der Waals surface area contributed by atoms with Crippen molar-refractivity contribution in [1.29, 1.82) is 0 Å². The number of amides is 2. The van der Waals surface area contributed by atoms with Crippen LogP contribution in [0.25, 0.3) is 0 Å². The highest BCUT2D eigenvalue weighted by molar-refractivity contribution is 7.99. The third-order valence-corrected chi connectivity index (χ3v) is 6.31. The van der Waals surface area contributed by atoms with E-state index in [0.717, 1.165) is 23.4 Å². The van der Waals surface area contributed by atoms with Crippen LogP contribution in [0.1, 0.15) is 41.1 Å². The minimum atomic E-state index is -4.37. The van der Waals surface area contributed by atoms with E-state index in [4.69, 9.17) is 4.52 Å². The highest BCUT2D eigenvalue weighted by Gasteiger charge is 2.37. The van der Waals surface area contributed by atoms with Gasteiger partial charge in [-0.15, -0.1) is 11.8 Å². The Morgan fingerprint density at radius 1 is 1.17 bits per heavy atom. The number of urea groups is 1. The lowest BCUT2D eigenvalue weighted by Crippen LogP contribution is -2.48. The van der Waals surface area contributed by atoms with Crippen molar-refractivity contribution in [2.24, 2.45) is 0 Å². The van der Waals surface area contributed by atoms with Gasteiger partial charge in [-0.05, 0) is 31.0 Å². The van der Waals surface area contributed by atoms with E-state index in [2.05, 4.69) is 10.1 Å². The molecule has 0 saturated carbocycles. The molecular weight excluding hydrogens is 405 g/mol. The lowest BCUT2D eigenvalue weighted by molar-refractivity contribution is -0.137. The summed E-state index contributed by atoms with van der Waals surface area (Å²) in [5, 5.41) is 3.85. The quantitative estimate of drug-likeness (QED) is 0.724. The first-order valence-corrected chi connectivity index (χ1v) is 10.6. The molecule has 3 heterocycles. The highest BCUT2D eigenvalue weighted by atomic mass is 32.2. The van der Waals surface area contributed by atoms with Crippen LogP contribution < -0.4 is 0 Å². The molecule has 29 heavy (non-hydrogen) atoms. The number of benzene rings is 1. The van der Waals surface area contributed by atoms with E-state index in [9.17, 15) is 18.0 Å². The number of hydrogen-bond acceptors (Lipinski definition) is 5. The van der Waals surface area contributed by atoms with E-state index in [1.807, 2.05) is 0 Å². The highest BCUT2D eigenvalue weighted by Crippen LogP contribution is 2.37. The van der Waals surface area contributed by atoms with Gasteiger partial charge in [-0.1, -0.05) is 17.3 Å². The number of thioether (sulfide) groups is 1. The van der Waals surface area contributed by atoms with Crippen molar-refractivity contribution < 1.29 is 22.5 Å². The molecule has 10 heteroatoms. The topological polar surface area (TPSA) is 62.5 Å². The Kier molecular flexibility index (Phi) is 5.46. The van der Waals surface area contributed by atoms with Crippen LogP contribution in [0.4, 0.5) is 18.0 Å². The number of hydrogen-bond donors (Lipinski definition) is 0. The summed E-state index contributed by atoms with van der Waals surface area (Å²) in [6.07, 6.45) is -3.74. The van der Waals surface area contributed by atoms with E-state index in [-0.39, 0.29) is 17.9 Å². The lowest BCUT2D eigenvalue weighted by atomic mass is 9.84. The van der Waals surface area contributed by atoms with Crippen molar-refractivity contribution in [3.8, 4) is 0 Å². The van der Waals surface area contributed by atoms with Gasteiger partial charge in [0.25, 0.3) is 0 Å². The second-order valence-corrected chi connectivity index (χ2v) is 8.49. The number of aryl methyl sites for hydroxylation is 1. The van der Waals surface area contributed by atoms with E-state index in [0.29, 0.717) is 43.6 Å². The number of nitrogens with zero attached hydrogens (tertiary/aromatic N) is 4. The standard InChI is InChI=1S/C19H21F3N4O2S/c1-12-23-17(28-24-12)15-8-14(13-2-4-16(5-3-13)19(20,21)22)9-26(10-15)18(27)25-6-7-29-11-25/h2-5,14-15H,6-11H2,1H3. The Morgan fingerprint density at radius 2 is 1.90 bits per heavy atom. The van der Waals surface area contributed by atoms with Gasteiger partial charge in [-0.2, -0.15) is 18.2 Å². The molecule has 1 aromatic heterocycles. The number of carbonyl (C=O) groups excluding carboxylic acids is 1. The van der Waals surface area contributed by atoms with Gasteiger partial charge in [0.05, 0.1) is 17.4 Å². The predicted octanol–water partition coefficient (Wildman–Crippen LogP) is 4.10. The average molecular weight is 426 g/mol. The second kappa shape index (κ2) is 7.89. The van der Waals surface area contributed by atoms with E-state index >= 15 is 0 Å². The largest absolute Gasteiger partial charge is 0.416 e. The molecule has 2 saturated heterocycles. The summed E-state index contributed by atoms with van der Waals surface area (Å²) in [6, 6.07) is 5.15. The van der Waals surface area contributed by atoms with Crippen LogP contribution in [-0.4, -0.2) is 57.2 Å². The number of aromatic nitrogens is 2. The molecule has 2 fully saturated rings. The van der Waals surface area contributed by atoms with Crippen molar-refractivity contribution in [3.05, 3.63) is 47.1 Å². The number of likely N-dealkylation sites (tertiary alicyclic amines) is 1. The number of halogens is 3. The third-order valence-electron chi connectivity index (χ3n) is 5.35. The molecule has 156 valence electrons. The van der Waals surface area contributed by atoms with Gasteiger partial charge in [0.1, 0.15) is 0 Å². The first kappa shape index (κ1) is 20.1. The molecule has 2 unspecified atom stereocenters. The SMILES string of the molecule is Cc1noc(C2CC(c3ccc(C(F)(F)F)cc3)CN(C(=O)N3CCSC3)C2)n1. The second-order valence-electron chi connectivity index (χ2n) is 7.42. The number of piperidine rings is 1. The Hall–Kier alpha value is -2.23. The van der Waals surface area contributed by atoms with Gasteiger partial charge < -0.3 is 14.3 Å². The predicted molar refractivity (Wildman–Crippen MR) is 102 cm³/mol. The third kappa shape index (κ3) is 4.36. The van der Waals surface area contributed by atoms with Crippen LogP contribution in [-0.2, 0) is 6.18 Å². The zero-order valence-corrected chi connectivity index (χ0v) is 16.7. The maximum Gasteiger partial charge on any atom is 0.416 e. The van der Waals surface area contributed by atoms with Crippen LogP contribution in [0.5, 0.6) is 0 Å². The fraction of sp³-hybridized carbons (Fsp3) is 0.526. The maximum atomic E-state index is 13.0. The van der Waals surface area contributed by atoms with Gasteiger partial charge >= 0.3 is 12.2 Å². The summed E-state index contributed by atoms with van der Waals surface area (Å²) in [6.45, 7) is 3.34. The Labute approximate surface area is 170 Å².